The number of halogens is 1. The van der Waals surface area contributed by atoms with Crippen LogP contribution < -0.4 is 15.0 Å². The summed E-state index contributed by atoms with van der Waals surface area (Å²) in [6.07, 6.45) is 0.0211. The van der Waals surface area contributed by atoms with Gasteiger partial charge < -0.3 is 19.7 Å². The number of ether oxygens (including phenoxy) is 2. The lowest BCUT2D eigenvalue weighted by atomic mass is 10.0. The Morgan fingerprint density at radius 1 is 1.05 bits per heavy atom. The molecule has 1 aliphatic rings. The molecule has 0 spiro atoms. The van der Waals surface area contributed by atoms with Gasteiger partial charge in [0.1, 0.15) is 11.5 Å². The molecule has 1 aliphatic heterocycles. The molecule has 4 rings (SSSR count). The second kappa shape index (κ2) is 11.7. The topological polar surface area (TPSA) is 84.9 Å². The number of nitrogens with zero attached hydrogens (tertiary/aromatic N) is 1. The van der Waals surface area contributed by atoms with Gasteiger partial charge in [0.25, 0.3) is 5.91 Å². The molecule has 1 atom stereocenters. The zero-order chi connectivity index (χ0) is 27.4. The van der Waals surface area contributed by atoms with Crippen molar-refractivity contribution in [1.29, 1.82) is 0 Å². The molecule has 3 aromatic rings. The van der Waals surface area contributed by atoms with Crippen molar-refractivity contribution in [2.75, 3.05) is 23.4 Å². The number of amides is 2. The summed E-state index contributed by atoms with van der Waals surface area (Å²) in [5, 5.41) is 3.17. The van der Waals surface area contributed by atoms with Crippen molar-refractivity contribution in [1.82, 2.24) is 0 Å². The van der Waals surface area contributed by atoms with Gasteiger partial charge >= 0.3 is 5.97 Å². The highest BCUT2D eigenvalue weighted by Gasteiger charge is 2.36. The minimum atomic E-state index is -0.652. The van der Waals surface area contributed by atoms with E-state index in [4.69, 9.17) is 21.1 Å². The van der Waals surface area contributed by atoms with Crippen LogP contribution in [0.25, 0.3) is 0 Å². The Labute approximate surface area is 227 Å². The fraction of sp³-hybridized carbons (Fsp3) is 0.300. The maximum atomic E-state index is 12.7. The summed E-state index contributed by atoms with van der Waals surface area (Å²) < 4.78 is 11.3. The van der Waals surface area contributed by atoms with Crippen molar-refractivity contribution >= 4 is 40.8 Å². The van der Waals surface area contributed by atoms with Crippen molar-refractivity contribution in [3.8, 4) is 11.5 Å². The third-order valence-electron chi connectivity index (χ3n) is 6.43. The summed E-state index contributed by atoms with van der Waals surface area (Å²) in [7, 11) is 0. The number of benzene rings is 3. The van der Waals surface area contributed by atoms with Gasteiger partial charge in [0.05, 0.1) is 5.92 Å². The molecule has 0 aliphatic carbocycles. The van der Waals surface area contributed by atoms with Gasteiger partial charge in [-0.1, -0.05) is 43.6 Å². The molecule has 0 bridgehead atoms. The maximum Gasteiger partial charge on any atom is 0.311 e. The summed E-state index contributed by atoms with van der Waals surface area (Å²) in [6, 6.07) is 18.5. The first kappa shape index (κ1) is 27.2. The molecule has 0 radical (unpaired) electrons. The first-order valence-electron chi connectivity index (χ1n) is 12.5. The minimum Gasteiger partial charge on any atom is -0.457 e. The number of rotatable bonds is 8. The monoisotopic (exact) mass is 534 g/mol. The zero-order valence-electron chi connectivity index (χ0n) is 21.9. The summed E-state index contributed by atoms with van der Waals surface area (Å²) in [4.78, 5) is 39.0. The number of hydrogen-bond acceptors (Lipinski definition) is 5. The van der Waals surface area contributed by atoms with Gasteiger partial charge in [0.2, 0.25) is 5.91 Å². The SMILES string of the molecule is Cc1ccc(C(C)C)c(Oc2ccc(N3C[C@@H](C(=O)OCC(=O)Nc4ccc(C)c(Cl)c4)CC3=O)cc2)c1. The summed E-state index contributed by atoms with van der Waals surface area (Å²) in [5.41, 5.74) is 4.30. The van der Waals surface area contributed by atoms with E-state index >= 15 is 0 Å². The predicted octanol–water partition coefficient (Wildman–Crippen LogP) is 6.41. The fourth-order valence-electron chi connectivity index (χ4n) is 4.27. The lowest BCUT2D eigenvalue weighted by Crippen LogP contribution is -2.28. The van der Waals surface area contributed by atoms with E-state index in [9.17, 15) is 14.4 Å². The van der Waals surface area contributed by atoms with E-state index < -0.39 is 24.4 Å². The van der Waals surface area contributed by atoms with Crippen LogP contribution in [0.4, 0.5) is 11.4 Å². The van der Waals surface area contributed by atoms with E-state index in [0.29, 0.717) is 28.1 Å². The van der Waals surface area contributed by atoms with Crippen molar-refractivity contribution in [2.24, 2.45) is 5.92 Å². The molecule has 1 N–H and O–H groups in total. The van der Waals surface area contributed by atoms with Crippen LogP contribution >= 0.6 is 11.6 Å². The Hall–Kier alpha value is -3.84. The zero-order valence-corrected chi connectivity index (χ0v) is 22.7. The van der Waals surface area contributed by atoms with E-state index in [2.05, 4.69) is 31.3 Å². The predicted molar refractivity (Wildman–Crippen MR) is 148 cm³/mol. The highest BCUT2D eigenvalue weighted by Crippen LogP contribution is 2.33. The highest BCUT2D eigenvalue weighted by molar-refractivity contribution is 6.31. The van der Waals surface area contributed by atoms with Crippen LogP contribution in [-0.4, -0.2) is 30.9 Å². The standard InChI is InChI=1S/C30H31ClN2O5/c1-18(2)25-12-5-19(3)13-27(25)38-24-10-8-23(9-11-24)33-16-21(14-29(33)35)30(36)37-17-28(34)32-22-7-6-20(4)26(31)15-22/h5-13,15,18,21H,14,16-17H2,1-4H3,(H,32,34)/t21-/m0/s1. The van der Waals surface area contributed by atoms with Crippen LogP contribution in [0.2, 0.25) is 5.02 Å². The molecule has 1 heterocycles. The first-order valence-corrected chi connectivity index (χ1v) is 12.9. The van der Waals surface area contributed by atoms with Crippen molar-refractivity contribution in [3.05, 3.63) is 82.4 Å². The third kappa shape index (κ3) is 6.53. The Kier molecular flexibility index (Phi) is 8.37. The quantitative estimate of drug-likeness (QED) is 0.338. The van der Waals surface area contributed by atoms with Gasteiger partial charge in [0.15, 0.2) is 6.61 Å². The van der Waals surface area contributed by atoms with Crippen LogP contribution in [0.3, 0.4) is 0 Å². The molecule has 0 saturated carbocycles. The number of hydrogen-bond donors (Lipinski definition) is 1. The van der Waals surface area contributed by atoms with E-state index in [1.807, 2.05) is 32.0 Å². The number of nitrogens with one attached hydrogen (secondary N) is 1. The van der Waals surface area contributed by atoms with Gasteiger partial charge in [0, 0.05) is 29.4 Å². The van der Waals surface area contributed by atoms with Crippen LogP contribution in [0, 0.1) is 19.8 Å². The lowest BCUT2D eigenvalue weighted by molar-refractivity contribution is -0.151. The van der Waals surface area contributed by atoms with Gasteiger partial charge in [-0.15, -0.1) is 0 Å². The summed E-state index contributed by atoms with van der Waals surface area (Å²) >= 11 is 6.08. The largest absolute Gasteiger partial charge is 0.457 e. The number of esters is 1. The molecule has 1 fully saturated rings. The average molecular weight is 535 g/mol. The molecule has 8 heteroatoms. The van der Waals surface area contributed by atoms with Crippen LogP contribution in [-0.2, 0) is 19.1 Å². The van der Waals surface area contributed by atoms with Crippen LogP contribution in [0.1, 0.15) is 42.9 Å². The molecule has 198 valence electrons. The van der Waals surface area contributed by atoms with Gasteiger partial charge in [-0.05, 0) is 78.9 Å². The fourth-order valence-corrected chi connectivity index (χ4v) is 4.45. The highest BCUT2D eigenvalue weighted by atomic mass is 35.5. The average Bonchev–Trinajstić information content (AvgIpc) is 3.27. The summed E-state index contributed by atoms with van der Waals surface area (Å²) in [5.74, 6) is -0.119. The number of anilines is 2. The molecule has 0 aromatic heterocycles. The van der Waals surface area contributed by atoms with E-state index in [0.717, 1.165) is 22.4 Å². The van der Waals surface area contributed by atoms with E-state index in [1.54, 1.807) is 35.2 Å². The Bertz CT molecular complexity index is 1350. The Morgan fingerprint density at radius 2 is 1.79 bits per heavy atom. The molecule has 2 amide bonds. The molecular formula is C30H31ClN2O5. The molecule has 7 nitrogen and oxygen atoms in total. The van der Waals surface area contributed by atoms with E-state index in [1.165, 1.54) is 0 Å². The maximum absolute atomic E-state index is 12.7. The normalized spacial score (nSPS) is 15.1. The molecule has 0 unspecified atom stereocenters. The Morgan fingerprint density at radius 3 is 2.47 bits per heavy atom. The molecule has 38 heavy (non-hydrogen) atoms. The smallest absolute Gasteiger partial charge is 0.311 e. The van der Waals surface area contributed by atoms with E-state index in [-0.39, 0.29) is 18.9 Å². The summed E-state index contributed by atoms with van der Waals surface area (Å²) in [6.45, 7) is 7.85. The van der Waals surface area contributed by atoms with Gasteiger partial charge in [-0.2, -0.15) is 0 Å². The van der Waals surface area contributed by atoms with Gasteiger partial charge in [-0.25, -0.2) is 0 Å². The number of carbonyl (C=O) groups excluding carboxylic acids is 3. The molecule has 1 saturated heterocycles. The van der Waals surface area contributed by atoms with Gasteiger partial charge in [-0.3, -0.25) is 14.4 Å². The van der Waals surface area contributed by atoms with Crippen molar-refractivity contribution < 1.29 is 23.9 Å². The van der Waals surface area contributed by atoms with Crippen molar-refractivity contribution in [3.63, 3.8) is 0 Å². The second-order valence-corrected chi connectivity index (χ2v) is 10.2. The van der Waals surface area contributed by atoms with Crippen LogP contribution in [0.5, 0.6) is 11.5 Å². The number of aryl methyl sites for hydroxylation is 2. The third-order valence-corrected chi connectivity index (χ3v) is 6.83. The lowest BCUT2D eigenvalue weighted by Gasteiger charge is -2.18. The second-order valence-electron chi connectivity index (χ2n) is 9.82. The van der Waals surface area contributed by atoms with Crippen LogP contribution in [0.15, 0.2) is 60.7 Å². The Balaban J connectivity index is 1.32. The number of carbonyl (C=O) groups is 3. The molecular weight excluding hydrogens is 504 g/mol. The minimum absolute atomic E-state index is 0.0211. The first-order chi connectivity index (χ1) is 18.1. The molecule has 3 aromatic carbocycles. The van der Waals surface area contributed by atoms with Crippen molar-refractivity contribution in [2.45, 2.75) is 40.0 Å².